The lowest BCUT2D eigenvalue weighted by atomic mass is 9.96. The molecule has 5 nitrogen and oxygen atoms in total. The molecule has 0 bridgehead atoms. The van der Waals surface area contributed by atoms with Crippen molar-refractivity contribution < 1.29 is 9.90 Å². The van der Waals surface area contributed by atoms with E-state index in [2.05, 4.69) is 81.5 Å². The molecule has 166 valence electrons. The lowest BCUT2D eigenvalue weighted by Gasteiger charge is -2.41. The molecule has 0 radical (unpaired) electrons. The number of aromatic nitrogens is 1. The van der Waals surface area contributed by atoms with Crippen LogP contribution in [0.25, 0.3) is 10.9 Å². The van der Waals surface area contributed by atoms with E-state index in [1.54, 1.807) is 6.07 Å². The largest absolute Gasteiger partial charge is 0.478 e. The van der Waals surface area contributed by atoms with E-state index >= 15 is 0 Å². The third-order valence-electron chi connectivity index (χ3n) is 6.43. The van der Waals surface area contributed by atoms with Crippen molar-refractivity contribution in [3.63, 3.8) is 0 Å². The zero-order valence-corrected chi connectivity index (χ0v) is 18.7. The van der Waals surface area contributed by atoms with Gasteiger partial charge in [0.1, 0.15) is 0 Å². The minimum atomic E-state index is -0.942. The molecular formula is C28H27N3O2. The molecule has 1 aromatic heterocycles. The van der Waals surface area contributed by atoms with Crippen LogP contribution in [0, 0.1) is 6.92 Å². The maximum Gasteiger partial charge on any atom is 0.337 e. The second-order valence-electron chi connectivity index (χ2n) is 8.54. The van der Waals surface area contributed by atoms with E-state index in [4.69, 9.17) is 0 Å². The van der Waals surface area contributed by atoms with Crippen molar-refractivity contribution in [3.8, 4) is 0 Å². The van der Waals surface area contributed by atoms with Crippen LogP contribution in [0.4, 0.5) is 5.69 Å². The van der Waals surface area contributed by atoms with Gasteiger partial charge >= 0.3 is 5.97 Å². The number of benzene rings is 3. The minimum absolute atomic E-state index is 0.212. The van der Waals surface area contributed by atoms with Crippen LogP contribution in [0.3, 0.4) is 0 Å². The number of aryl methyl sites for hydroxylation is 1. The van der Waals surface area contributed by atoms with Gasteiger partial charge in [-0.15, -0.1) is 0 Å². The van der Waals surface area contributed by atoms with Crippen molar-refractivity contribution in [2.24, 2.45) is 0 Å². The monoisotopic (exact) mass is 437 g/mol. The molecule has 3 aromatic carbocycles. The highest BCUT2D eigenvalue weighted by Crippen LogP contribution is 2.33. The highest BCUT2D eigenvalue weighted by atomic mass is 16.4. The van der Waals surface area contributed by atoms with Gasteiger partial charge in [0.25, 0.3) is 0 Å². The summed E-state index contributed by atoms with van der Waals surface area (Å²) in [6.07, 6.45) is 0. The summed E-state index contributed by atoms with van der Waals surface area (Å²) in [5, 5.41) is 10.5. The van der Waals surface area contributed by atoms with Crippen LogP contribution in [0.2, 0.25) is 0 Å². The maximum atomic E-state index is 11.7. The van der Waals surface area contributed by atoms with Crippen molar-refractivity contribution in [2.75, 3.05) is 31.1 Å². The highest BCUT2D eigenvalue weighted by Gasteiger charge is 2.27. The Morgan fingerprint density at radius 3 is 2.03 bits per heavy atom. The normalized spacial score (nSPS) is 14.7. The van der Waals surface area contributed by atoms with Crippen molar-refractivity contribution >= 4 is 22.6 Å². The molecular weight excluding hydrogens is 410 g/mol. The summed E-state index contributed by atoms with van der Waals surface area (Å²) in [6, 6.07) is 29.1. The molecule has 0 unspecified atom stereocenters. The summed E-state index contributed by atoms with van der Waals surface area (Å²) < 4.78 is 0. The Bertz CT molecular complexity index is 1230. The van der Waals surface area contributed by atoms with Crippen LogP contribution in [0.5, 0.6) is 0 Å². The molecule has 4 aromatic rings. The maximum absolute atomic E-state index is 11.7. The van der Waals surface area contributed by atoms with Crippen molar-refractivity contribution in [1.82, 2.24) is 9.88 Å². The molecule has 0 saturated carbocycles. The number of rotatable bonds is 5. The van der Waals surface area contributed by atoms with Gasteiger partial charge < -0.3 is 10.0 Å². The fourth-order valence-electron chi connectivity index (χ4n) is 4.89. The molecule has 5 heteroatoms. The van der Waals surface area contributed by atoms with Crippen LogP contribution in [-0.2, 0) is 0 Å². The van der Waals surface area contributed by atoms with E-state index in [9.17, 15) is 9.90 Å². The van der Waals surface area contributed by atoms with Gasteiger partial charge in [0.05, 0.1) is 17.1 Å². The number of piperazine rings is 1. The molecule has 0 amide bonds. The Labute approximate surface area is 193 Å². The van der Waals surface area contributed by atoms with E-state index in [0.717, 1.165) is 42.9 Å². The Balaban J connectivity index is 1.45. The fraction of sp³-hybridized carbons (Fsp3) is 0.214. The van der Waals surface area contributed by atoms with Crippen molar-refractivity contribution in [1.29, 1.82) is 0 Å². The second-order valence-corrected chi connectivity index (χ2v) is 8.54. The van der Waals surface area contributed by atoms with E-state index < -0.39 is 5.97 Å². The number of carboxylic acids is 1. The molecule has 0 atom stereocenters. The van der Waals surface area contributed by atoms with Crippen LogP contribution in [0.15, 0.2) is 84.9 Å². The summed E-state index contributed by atoms with van der Waals surface area (Å²) in [5.74, 6) is -0.942. The number of pyridine rings is 1. The zero-order valence-electron chi connectivity index (χ0n) is 18.7. The standard InChI is InChI=1S/C28H27N3O2/c1-20-19-25(23-13-8-14-24(28(32)33)26(23)29-20)30-15-17-31(18-16-30)27(21-9-4-2-5-10-21)22-11-6-3-7-12-22/h2-14,19,27H,15-18H2,1H3,(H,32,33). The first-order valence-corrected chi connectivity index (χ1v) is 11.3. The summed E-state index contributed by atoms with van der Waals surface area (Å²) >= 11 is 0. The van der Waals surface area contributed by atoms with E-state index in [1.807, 2.05) is 19.1 Å². The molecule has 1 saturated heterocycles. The highest BCUT2D eigenvalue weighted by molar-refractivity contribution is 6.05. The third kappa shape index (κ3) is 4.20. The van der Waals surface area contributed by atoms with Gasteiger partial charge in [-0.1, -0.05) is 72.8 Å². The predicted molar refractivity (Wildman–Crippen MR) is 132 cm³/mol. The number of hydrogen-bond donors (Lipinski definition) is 1. The number of anilines is 1. The molecule has 5 rings (SSSR count). The van der Waals surface area contributed by atoms with Crippen LogP contribution < -0.4 is 4.90 Å². The Hall–Kier alpha value is -3.70. The molecule has 33 heavy (non-hydrogen) atoms. The summed E-state index contributed by atoms with van der Waals surface area (Å²) in [5.41, 5.74) is 5.32. The van der Waals surface area contributed by atoms with Gasteiger partial charge in [0, 0.05) is 42.9 Å². The van der Waals surface area contributed by atoms with Gasteiger partial charge in [0.15, 0.2) is 0 Å². The summed E-state index contributed by atoms with van der Waals surface area (Å²) in [7, 11) is 0. The topological polar surface area (TPSA) is 56.7 Å². The van der Waals surface area contributed by atoms with Gasteiger partial charge in [-0.25, -0.2) is 4.79 Å². The second kappa shape index (κ2) is 9.04. The molecule has 1 aliphatic heterocycles. The van der Waals surface area contributed by atoms with E-state index in [0.29, 0.717) is 5.52 Å². The van der Waals surface area contributed by atoms with E-state index in [-0.39, 0.29) is 11.6 Å². The van der Waals surface area contributed by atoms with E-state index in [1.165, 1.54) is 11.1 Å². The molecule has 0 spiro atoms. The van der Waals surface area contributed by atoms with Crippen LogP contribution in [-0.4, -0.2) is 47.1 Å². The van der Waals surface area contributed by atoms with Crippen molar-refractivity contribution in [3.05, 3.63) is 107 Å². The number of carbonyl (C=O) groups is 1. The molecule has 1 N–H and O–H groups in total. The molecule has 1 aliphatic rings. The predicted octanol–water partition coefficient (Wildman–Crippen LogP) is 5.15. The average molecular weight is 438 g/mol. The molecule has 2 heterocycles. The SMILES string of the molecule is Cc1cc(N2CCN(C(c3ccccc3)c3ccccc3)CC2)c2cccc(C(=O)O)c2n1. The summed E-state index contributed by atoms with van der Waals surface area (Å²) in [6.45, 7) is 5.49. The third-order valence-corrected chi connectivity index (χ3v) is 6.43. The Kier molecular flexibility index (Phi) is 5.80. The average Bonchev–Trinajstić information content (AvgIpc) is 2.85. The number of para-hydroxylation sites is 1. The van der Waals surface area contributed by atoms with Gasteiger partial charge in [-0.05, 0) is 30.2 Å². The first kappa shape index (κ1) is 21.2. The first-order chi connectivity index (χ1) is 16.1. The zero-order chi connectivity index (χ0) is 22.8. The Morgan fingerprint density at radius 2 is 1.45 bits per heavy atom. The number of aromatic carboxylic acids is 1. The minimum Gasteiger partial charge on any atom is -0.478 e. The van der Waals surface area contributed by atoms with Gasteiger partial charge in [-0.2, -0.15) is 0 Å². The first-order valence-electron chi connectivity index (χ1n) is 11.3. The number of nitrogens with zero attached hydrogens (tertiary/aromatic N) is 3. The molecule has 0 aliphatic carbocycles. The quantitative estimate of drug-likeness (QED) is 0.468. The molecule has 1 fully saturated rings. The van der Waals surface area contributed by atoms with Gasteiger partial charge in [-0.3, -0.25) is 9.88 Å². The summed E-state index contributed by atoms with van der Waals surface area (Å²) in [4.78, 5) is 21.2. The number of hydrogen-bond acceptors (Lipinski definition) is 4. The van der Waals surface area contributed by atoms with Crippen LogP contribution in [0.1, 0.15) is 33.2 Å². The number of fused-ring (bicyclic) bond motifs is 1. The smallest absolute Gasteiger partial charge is 0.337 e. The van der Waals surface area contributed by atoms with Crippen LogP contribution >= 0.6 is 0 Å². The fourth-order valence-corrected chi connectivity index (χ4v) is 4.89. The Morgan fingerprint density at radius 1 is 0.848 bits per heavy atom. The van der Waals surface area contributed by atoms with Crippen molar-refractivity contribution in [2.45, 2.75) is 13.0 Å². The lowest BCUT2D eigenvalue weighted by Crippen LogP contribution is -2.48. The number of carboxylic acid groups (broad SMARTS) is 1. The van der Waals surface area contributed by atoms with Gasteiger partial charge in [0.2, 0.25) is 0 Å². The lowest BCUT2D eigenvalue weighted by molar-refractivity contribution is 0.0699.